The fourth-order valence-electron chi connectivity index (χ4n) is 2.39. The van der Waals surface area contributed by atoms with Crippen molar-refractivity contribution in [2.75, 3.05) is 12.4 Å². The molecular weight excluding hydrogens is 365 g/mol. The van der Waals surface area contributed by atoms with E-state index in [9.17, 15) is 14.0 Å². The molecule has 0 radical (unpaired) electrons. The molecule has 0 aromatic heterocycles. The lowest BCUT2D eigenvalue weighted by molar-refractivity contribution is 0.0600. The first kappa shape index (κ1) is 21.2. The van der Waals surface area contributed by atoms with Gasteiger partial charge in [0.1, 0.15) is 0 Å². The van der Waals surface area contributed by atoms with Gasteiger partial charge in [-0.05, 0) is 64.1 Å². The SMILES string of the molecule is COC(=O)c1ccc(NC(=O)c2cc(OC(C)C)c(F)c(OC(C)C)c2)cc1. The van der Waals surface area contributed by atoms with Crippen LogP contribution in [0, 0.1) is 5.82 Å². The molecule has 0 saturated heterocycles. The van der Waals surface area contributed by atoms with Gasteiger partial charge in [-0.25, -0.2) is 4.79 Å². The topological polar surface area (TPSA) is 73.9 Å². The Bertz CT molecular complexity index is 815. The van der Waals surface area contributed by atoms with Crippen LogP contribution in [0.4, 0.5) is 10.1 Å². The fraction of sp³-hybridized carbons (Fsp3) is 0.333. The molecule has 1 amide bonds. The number of carbonyl (C=O) groups excluding carboxylic acids is 2. The summed E-state index contributed by atoms with van der Waals surface area (Å²) in [5.74, 6) is -1.70. The Labute approximate surface area is 163 Å². The third-order valence-electron chi connectivity index (χ3n) is 3.56. The second-order valence-electron chi connectivity index (χ2n) is 6.64. The molecule has 6 nitrogen and oxygen atoms in total. The van der Waals surface area contributed by atoms with Crippen LogP contribution in [0.2, 0.25) is 0 Å². The number of benzene rings is 2. The van der Waals surface area contributed by atoms with Crippen LogP contribution in [0.5, 0.6) is 11.5 Å². The molecule has 0 spiro atoms. The van der Waals surface area contributed by atoms with Crippen LogP contribution in [0.15, 0.2) is 36.4 Å². The van der Waals surface area contributed by atoms with Crippen molar-refractivity contribution in [3.05, 3.63) is 53.3 Å². The largest absolute Gasteiger partial charge is 0.488 e. The second kappa shape index (κ2) is 9.21. The normalized spacial score (nSPS) is 10.7. The van der Waals surface area contributed by atoms with Crippen molar-refractivity contribution >= 4 is 17.6 Å². The van der Waals surface area contributed by atoms with E-state index in [2.05, 4.69) is 10.1 Å². The van der Waals surface area contributed by atoms with Crippen LogP contribution >= 0.6 is 0 Å². The minimum absolute atomic E-state index is 0.0562. The molecule has 0 unspecified atom stereocenters. The Hall–Kier alpha value is -3.09. The first-order chi connectivity index (χ1) is 13.2. The minimum atomic E-state index is -0.651. The molecule has 7 heteroatoms. The van der Waals surface area contributed by atoms with Gasteiger partial charge >= 0.3 is 5.97 Å². The zero-order chi connectivity index (χ0) is 20.8. The Morgan fingerprint density at radius 2 is 1.39 bits per heavy atom. The number of nitrogens with one attached hydrogen (secondary N) is 1. The Morgan fingerprint density at radius 3 is 1.82 bits per heavy atom. The quantitative estimate of drug-likeness (QED) is 0.709. The maximum Gasteiger partial charge on any atom is 0.337 e. The molecule has 0 fully saturated rings. The Kier molecular flexibility index (Phi) is 6.98. The third-order valence-corrected chi connectivity index (χ3v) is 3.56. The molecule has 0 aliphatic rings. The van der Waals surface area contributed by atoms with E-state index in [0.717, 1.165) is 0 Å². The zero-order valence-electron chi connectivity index (χ0n) is 16.5. The summed E-state index contributed by atoms with van der Waals surface area (Å²) < 4.78 is 30.2. The molecule has 0 heterocycles. The van der Waals surface area contributed by atoms with Gasteiger partial charge in [-0.15, -0.1) is 0 Å². The van der Waals surface area contributed by atoms with Gasteiger partial charge in [0.2, 0.25) is 5.82 Å². The molecule has 1 N–H and O–H groups in total. The van der Waals surface area contributed by atoms with E-state index < -0.39 is 17.7 Å². The number of halogens is 1. The average Bonchev–Trinajstić information content (AvgIpc) is 2.64. The predicted molar refractivity (Wildman–Crippen MR) is 104 cm³/mol. The van der Waals surface area contributed by atoms with Crippen LogP contribution in [0.3, 0.4) is 0 Å². The van der Waals surface area contributed by atoms with Gasteiger partial charge in [-0.2, -0.15) is 4.39 Å². The van der Waals surface area contributed by atoms with Crippen LogP contribution in [-0.2, 0) is 4.74 Å². The number of carbonyl (C=O) groups is 2. The molecule has 0 saturated carbocycles. The van der Waals surface area contributed by atoms with Gasteiger partial charge in [-0.1, -0.05) is 0 Å². The van der Waals surface area contributed by atoms with Crippen molar-refractivity contribution in [3.8, 4) is 11.5 Å². The standard InChI is InChI=1S/C21H24FNO5/c1-12(2)27-17-10-15(11-18(19(17)22)28-13(3)4)20(24)23-16-8-6-14(7-9-16)21(25)26-5/h6-13H,1-5H3,(H,23,24). The van der Waals surface area contributed by atoms with Gasteiger partial charge in [0.15, 0.2) is 11.5 Å². The van der Waals surface area contributed by atoms with E-state index in [4.69, 9.17) is 9.47 Å². The average molecular weight is 389 g/mol. The highest BCUT2D eigenvalue weighted by Crippen LogP contribution is 2.31. The maximum atomic E-state index is 14.6. The highest BCUT2D eigenvalue weighted by atomic mass is 19.1. The Balaban J connectivity index is 2.29. The zero-order valence-corrected chi connectivity index (χ0v) is 16.5. The second-order valence-corrected chi connectivity index (χ2v) is 6.64. The van der Waals surface area contributed by atoms with E-state index in [1.54, 1.807) is 39.8 Å². The summed E-state index contributed by atoms with van der Waals surface area (Å²) in [7, 11) is 1.29. The molecule has 150 valence electrons. The first-order valence-electron chi connectivity index (χ1n) is 8.87. The summed E-state index contributed by atoms with van der Waals surface area (Å²) in [6.07, 6.45) is -0.545. The van der Waals surface area contributed by atoms with Crippen LogP contribution in [0.1, 0.15) is 48.4 Å². The fourth-order valence-corrected chi connectivity index (χ4v) is 2.39. The Morgan fingerprint density at radius 1 is 0.893 bits per heavy atom. The van der Waals surface area contributed by atoms with Crippen molar-refractivity contribution < 1.29 is 28.2 Å². The van der Waals surface area contributed by atoms with Crippen LogP contribution in [-0.4, -0.2) is 31.2 Å². The maximum absolute atomic E-state index is 14.6. The molecule has 0 atom stereocenters. The number of esters is 1. The van der Waals surface area contributed by atoms with Crippen molar-refractivity contribution in [2.24, 2.45) is 0 Å². The molecular formula is C21H24FNO5. The number of hydrogen-bond donors (Lipinski definition) is 1. The predicted octanol–water partition coefficient (Wildman–Crippen LogP) is 4.44. The van der Waals surface area contributed by atoms with Gasteiger partial charge < -0.3 is 19.5 Å². The highest BCUT2D eigenvalue weighted by Gasteiger charge is 2.19. The molecule has 28 heavy (non-hydrogen) atoms. The van der Waals surface area contributed by atoms with Crippen molar-refractivity contribution in [3.63, 3.8) is 0 Å². The van der Waals surface area contributed by atoms with Gasteiger partial charge in [0.25, 0.3) is 5.91 Å². The summed E-state index contributed by atoms with van der Waals surface area (Å²) in [6, 6.07) is 8.89. The number of ether oxygens (including phenoxy) is 3. The molecule has 0 aliphatic heterocycles. The van der Waals surface area contributed by atoms with Crippen molar-refractivity contribution in [2.45, 2.75) is 39.9 Å². The molecule has 2 aromatic rings. The van der Waals surface area contributed by atoms with Crippen molar-refractivity contribution in [1.29, 1.82) is 0 Å². The lowest BCUT2D eigenvalue weighted by Crippen LogP contribution is -2.16. The molecule has 2 aromatic carbocycles. The van der Waals surface area contributed by atoms with E-state index in [1.165, 1.54) is 31.4 Å². The number of hydrogen-bond acceptors (Lipinski definition) is 5. The number of amides is 1. The third kappa shape index (κ3) is 5.45. The summed E-state index contributed by atoms with van der Waals surface area (Å²) >= 11 is 0. The lowest BCUT2D eigenvalue weighted by atomic mass is 10.1. The summed E-state index contributed by atoms with van der Waals surface area (Å²) in [4.78, 5) is 24.1. The first-order valence-corrected chi connectivity index (χ1v) is 8.87. The number of rotatable bonds is 7. The lowest BCUT2D eigenvalue weighted by Gasteiger charge is -2.17. The van der Waals surface area contributed by atoms with Gasteiger partial charge in [0.05, 0.1) is 24.9 Å². The van der Waals surface area contributed by atoms with Gasteiger partial charge in [0, 0.05) is 11.3 Å². The molecule has 2 rings (SSSR count). The number of anilines is 1. The molecule has 0 aliphatic carbocycles. The van der Waals surface area contributed by atoms with Crippen LogP contribution in [0.25, 0.3) is 0 Å². The number of methoxy groups -OCH3 is 1. The van der Waals surface area contributed by atoms with E-state index >= 15 is 0 Å². The van der Waals surface area contributed by atoms with Gasteiger partial charge in [-0.3, -0.25) is 4.79 Å². The highest BCUT2D eigenvalue weighted by molar-refractivity contribution is 6.05. The monoisotopic (exact) mass is 389 g/mol. The summed E-state index contributed by atoms with van der Waals surface area (Å²) in [5.41, 5.74) is 1.02. The summed E-state index contributed by atoms with van der Waals surface area (Å²) in [5, 5.41) is 2.70. The molecule has 0 bridgehead atoms. The van der Waals surface area contributed by atoms with Crippen molar-refractivity contribution in [1.82, 2.24) is 0 Å². The minimum Gasteiger partial charge on any atom is -0.488 e. The smallest absolute Gasteiger partial charge is 0.337 e. The summed E-state index contributed by atoms with van der Waals surface area (Å²) in [6.45, 7) is 7.05. The van der Waals surface area contributed by atoms with E-state index in [-0.39, 0.29) is 29.3 Å². The van der Waals surface area contributed by atoms with E-state index in [0.29, 0.717) is 11.3 Å². The van der Waals surface area contributed by atoms with E-state index in [1.807, 2.05) is 0 Å². The van der Waals surface area contributed by atoms with Crippen LogP contribution < -0.4 is 14.8 Å².